The third-order valence-corrected chi connectivity index (χ3v) is 2.96. The van der Waals surface area contributed by atoms with Crippen LogP contribution >= 0.6 is 34.8 Å². The number of halogens is 3. The van der Waals surface area contributed by atoms with Crippen LogP contribution in [0.15, 0.2) is 18.2 Å². The number of hydrogen-bond acceptors (Lipinski definition) is 1. The van der Waals surface area contributed by atoms with E-state index in [0.717, 1.165) is 13.2 Å². The molecule has 4 heteroatoms. The Morgan fingerprint density at radius 2 is 1.43 bits per heavy atom. The lowest BCUT2D eigenvalue weighted by Gasteiger charge is -1.94. The molecule has 0 N–H and O–H groups in total. The van der Waals surface area contributed by atoms with Crippen molar-refractivity contribution < 1.29 is 4.74 Å². The summed E-state index contributed by atoms with van der Waals surface area (Å²) in [5.74, 6) is 0. The van der Waals surface area contributed by atoms with Crippen molar-refractivity contribution in [2.75, 3.05) is 13.2 Å². The van der Waals surface area contributed by atoms with Gasteiger partial charge in [0.05, 0.1) is 15.1 Å². The van der Waals surface area contributed by atoms with E-state index in [-0.39, 0.29) is 0 Å². The summed E-state index contributed by atoms with van der Waals surface area (Å²) in [6.07, 6.45) is 2.56. The van der Waals surface area contributed by atoms with Gasteiger partial charge in [0.1, 0.15) is 0 Å². The SMILES string of the molecule is C1CCOC1.Clc1cccc(Cl)c1Cl. The largest absolute Gasteiger partial charge is 0.381 e. The van der Waals surface area contributed by atoms with E-state index in [1.807, 2.05) is 0 Å². The maximum Gasteiger partial charge on any atom is 0.0778 e. The average Bonchev–Trinajstić information content (AvgIpc) is 2.72. The van der Waals surface area contributed by atoms with Crippen LogP contribution in [0, 0.1) is 0 Å². The van der Waals surface area contributed by atoms with Crippen molar-refractivity contribution in [3.05, 3.63) is 33.3 Å². The third kappa shape index (κ3) is 4.05. The van der Waals surface area contributed by atoms with E-state index >= 15 is 0 Å². The Balaban J connectivity index is 0.000000165. The summed E-state index contributed by atoms with van der Waals surface area (Å²) in [5.41, 5.74) is 0. The Morgan fingerprint density at radius 1 is 0.929 bits per heavy atom. The average molecular weight is 254 g/mol. The summed E-state index contributed by atoms with van der Waals surface area (Å²) in [4.78, 5) is 0. The molecule has 1 aromatic rings. The van der Waals surface area contributed by atoms with Crippen LogP contribution in [-0.4, -0.2) is 13.2 Å². The van der Waals surface area contributed by atoms with Gasteiger partial charge in [-0.1, -0.05) is 40.9 Å². The predicted octanol–water partition coefficient (Wildman–Crippen LogP) is 4.44. The van der Waals surface area contributed by atoms with Gasteiger partial charge in [-0.3, -0.25) is 0 Å². The lowest BCUT2D eigenvalue weighted by molar-refractivity contribution is 0.198. The molecule has 0 unspecified atom stereocenters. The van der Waals surface area contributed by atoms with Gasteiger partial charge < -0.3 is 4.74 Å². The second-order valence-electron chi connectivity index (χ2n) is 2.86. The van der Waals surface area contributed by atoms with Crippen molar-refractivity contribution in [1.29, 1.82) is 0 Å². The van der Waals surface area contributed by atoms with E-state index in [1.165, 1.54) is 12.8 Å². The van der Waals surface area contributed by atoms with Crippen molar-refractivity contribution in [1.82, 2.24) is 0 Å². The topological polar surface area (TPSA) is 9.23 Å². The molecule has 1 aromatic carbocycles. The number of hydrogen-bond donors (Lipinski definition) is 0. The molecular formula is C10H11Cl3O. The van der Waals surface area contributed by atoms with Gasteiger partial charge in [0.25, 0.3) is 0 Å². The quantitative estimate of drug-likeness (QED) is 0.621. The van der Waals surface area contributed by atoms with Gasteiger partial charge in [-0.05, 0) is 25.0 Å². The summed E-state index contributed by atoms with van der Waals surface area (Å²) >= 11 is 16.8. The summed E-state index contributed by atoms with van der Waals surface area (Å²) < 4.78 is 4.94. The molecule has 1 aliphatic heterocycles. The summed E-state index contributed by atoms with van der Waals surface area (Å²) in [5, 5.41) is 1.40. The van der Waals surface area contributed by atoms with Gasteiger partial charge >= 0.3 is 0 Å². The van der Waals surface area contributed by atoms with E-state index in [0.29, 0.717) is 15.1 Å². The molecule has 1 nitrogen and oxygen atoms in total. The first-order valence-electron chi connectivity index (χ1n) is 4.39. The second-order valence-corrected chi connectivity index (χ2v) is 4.05. The first-order valence-corrected chi connectivity index (χ1v) is 5.52. The van der Waals surface area contributed by atoms with E-state index in [9.17, 15) is 0 Å². The molecule has 2 rings (SSSR count). The molecule has 0 spiro atoms. The molecule has 0 aliphatic carbocycles. The zero-order valence-corrected chi connectivity index (χ0v) is 9.87. The molecule has 0 radical (unpaired) electrons. The summed E-state index contributed by atoms with van der Waals surface area (Å²) in [6.45, 7) is 2.00. The van der Waals surface area contributed by atoms with Crippen molar-refractivity contribution in [2.24, 2.45) is 0 Å². The third-order valence-electron chi connectivity index (χ3n) is 1.73. The molecule has 0 aromatic heterocycles. The zero-order valence-electron chi connectivity index (χ0n) is 7.60. The molecule has 0 bridgehead atoms. The predicted molar refractivity (Wildman–Crippen MR) is 61.5 cm³/mol. The van der Waals surface area contributed by atoms with Crippen LogP contribution in [-0.2, 0) is 4.74 Å². The molecule has 0 saturated carbocycles. The molecule has 1 heterocycles. The standard InChI is InChI=1S/C6H3Cl3.C4H8O/c7-4-2-1-3-5(8)6(4)9;1-2-4-5-3-1/h1-3H;1-4H2. The van der Waals surface area contributed by atoms with E-state index in [2.05, 4.69) is 0 Å². The van der Waals surface area contributed by atoms with Gasteiger partial charge in [-0.2, -0.15) is 0 Å². The van der Waals surface area contributed by atoms with Crippen LogP contribution in [0.3, 0.4) is 0 Å². The molecule has 78 valence electrons. The highest BCUT2D eigenvalue weighted by Gasteiger charge is 1.98. The van der Waals surface area contributed by atoms with Crippen LogP contribution in [0.2, 0.25) is 15.1 Å². The second kappa shape index (κ2) is 6.52. The molecule has 0 amide bonds. The minimum Gasteiger partial charge on any atom is -0.381 e. The fourth-order valence-electron chi connectivity index (χ4n) is 0.988. The first kappa shape index (κ1) is 12.1. The Bertz CT molecular complexity index is 257. The van der Waals surface area contributed by atoms with Gasteiger partial charge in [0.15, 0.2) is 0 Å². The highest BCUT2D eigenvalue weighted by Crippen LogP contribution is 2.28. The van der Waals surface area contributed by atoms with Gasteiger partial charge in [-0.25, -0.2) is 0 Å². The van der Waals surface area contributed by atoms with Crippen molar-refractivity contribution in [3.63, 3.8) is 0 Å². The zero-order chi connectivity index (χ0) is 10.4. The normalized spacial score (nSPS) is 14.8. The lowest BCUT2D eigenvalue weighted by atomic mass is 10.4. The molecule has 1 aliphatic rings. The fourth-order valence-corrected chi connectivity index (χ4v) is 1.51. The highest BCUT2D eigenvalue weighted by atomic mass is 35.5. The number of rotatable bonds is 0. The van der Waals surface area contributed by atoms with Gasteiger partial charge in [0, 0.05) is 13.2 Å². The first-order chi connectivity index (χ1) is 6.72. The number of ether oxygens (including phenoxy) is 1. The molecular weight excluding hydrogens is 242 g/mol. The minimum absolute atomic E-state index is 0.417. The Labute approximate surface area is 98.9 Å². The van der Waals surface area contributed by atoms with Crippen molar-refractivity contribution >= 4 is 34.8 Å². The molecule has 1 fully saturated rings. The van der Waals surface area contributed by atoms with E-state index < -0.39 is 0 Å². The Hall–Kier alpha value is 0.0500. The van der Waals surface area contributed by atoms with Gasteiger partial charge in [-0.15, -0.1) is 0 Å². The van der Waals surface area contributed by atoms with Crippen LogP contribution in [0.1, 0.15) is 12.8 Å². The molecule has 1 saturated heterocycles. The Morgan fingerprint density at radius 3 is 1.71 bits per heavy atom. The van der Waals surface area contributed by atoms with Crippen LogP contribution in [0.25, 0.3) is 0 Å². The molecule has 14 heavy (non-hydrogen) atoms. The molecule has 0 atom stereocenters. The highest BCUT2D eigenvalue weighted by molar-refractivity contribution is 6.47. The fraction of sp³-hybridized carbons (Fsp3) is 0.400. The smallest absolute Gasteiger partial charge is 0.0778 e. The number of benzene rings is 1. The maximum absolute atomic E-state index is 5.61. The van der Waals surface area contributed by atoms with Crippen LogP contribution < -0.4 is 0 Å². The van der Waals surface area contributed by atoms with Crippen molar-refractivity contribution in [2.45, 2.75) is 12.8 Å². The Kier molecular flexibility index (Phi) is 5.64. The van der Waals surface area contributed by atoms with Crippen LogP contribution in [0.5, 0.6) is 0 Å². The lowest BCUT2D eigenvalue weighted by Crippen LogP contribution is -1.74. The van der Waals surface area contributed by atoms with Crippen molar-refractivity contribution in [3.8, 4) is 0 Å². The summed E-state index contributed by atoms with van der Waals surface area (Å²) in [7, 11) is 0. The van der Waals surface area contributed by atoms with E-state index in [1.54, 1.807) is 18.2 Å². The van der Waals surface area contributed by atoms with Crippen LogP contribution in [0.4, 0.5) is 0 Å². The minimum atomic E-state index is 0.417. The maximum atomic E-state index is 5.61. The summed E-state index contributed by atoms with van der Waals surface area (Å²) in [6, 6.07) is 5.13. The monoisotopic (exact) mass is 252 g/mol. The van der Waals surface area contributed by atoms with Gasteiger partial charge in [0.2, 0.25) is 0 Å². The van der Waals surface area contributed by atoms with E-state index in [4.69, 9.17) is 39.5 Å².